The van der Waals surface area contributed by atoms with Crippen LogP contribution >= 0.6 is 11.6 Å². The fourth-order valence-corrected chi connectivity index (χ4v) is 2.17. The Morgan fingerprint density at radius 1 is 1.42 bits per heavy atom. The number of carbonyl (C=O) groups is 2. The van der Waals surface area contributed by atoms with Gasteiger partial charge in [0.15, 0.2) is 0 Å². The molecule has 1 heterocycles. The van der Waals surface area contributed by atoms with Crippen molar-refractivity contribution in [1.29, 1.82) is 0 Å². The van der Waals surface area contributed by atoms with Gasteiger partial charge in [0, 0.05) is 17.8 Å². The molecular weight excluding hydrogens is 268 g/mol. The van der Waals surface area contributed by atoms with E-state index in [0.29, 0.717) is 16.6 Å². The maximum absolute atomic E-state index is 11.7. The summed E-state index contributed by atoms with van der Waals surface area (Å²) in [4.78, 5) is 25.8. The van der Waals surface area contributed by atoms with Crippen molar-refractivity contribution >= 4 is 40.1 Å². The van der Waals surface area contributed by atoms with E-state index in [-0.39, 0.29) is 23.2 Å². The molecule has 0 unspecified atom stereocenters. The molecule has 2 rings (SSSR count). The number of aromatic nitrogens is 1. The molecule has 0 spiro atoms. The van der Waals surface area contributed by atoms with E-state index in [1.54, 1.807) is 25.1 Å². The van der Waals surface area contributed by atoms with Crippen molar-refractivity contribution in [2.75, 3.05) is 11.9 Å². The quantitative estimate of drug-likeness (QED) is 0.849. The van der Waals surface area contributed by atoms with Crippen LogP contribution < -0.4 is 5.32 Å². The largest absolute Gasteiger partial charge is 0.461 e. The van der Waals surface area contributed by atoms with Crippen molar-refractivity contribution in [3.63, 3.8) is 0 Å². The van der Waals surface area contributed by atoms with E-state index >= 15 is 0 Å². The zero-order chi connectivity index (χ0) is 14.0. The minimum absolute atomic E-state index is 0.191. The zero-order valence-corrected chi connectivity index (χ0v) is 11.3. The van der Waals surface area contributed by atoms with Gasteiger partial charge in [-0.3, -0.25) is 4.79 Å². The summed E-state index contributed by atoms with van der Waals surface area (Å²) in [5.74, 6) is -0.722. The molecule has 0 saturated carbocycles. The Morgan fingerprint density at radius 3 is 2.79 bits per heavy atom. The molecule has 6 heteroatoms. The Morgan fingerprint density at radius 2 is 2.16 bits per heavy atom. The molecule has 0 saturated heterocycles. The third-order valence-corrected chi connectivity index (χ3v) is 2.93. The number of fused-ring (bicyclic) bond motifs is 1. The second-order valence-electron chi connectivity index (χ2n) is 3.94. The summed E-state index contributed by atoms with van der Waals surface area (Å²) < 4.78 is 4.92. The molecule has 2 aromatic rings. The van der Waals surface area contributed by atoms with Crippen LogP contribution in [0.1, 0.15) is 24.3 Å². The highest BCUT2D eigenvalue weighted by Crippen LogP contribution is 2.33. The van der Waals surface area contributed by atoms with E-state index < -0.39 is 5.97 Å². The molecule has 0 atom stereocenters. The van der Waals surface area contributed by atoms with Crippen LogP contribution in [0.15, 0.2) is 18.2 Å². The SMILES string of the molecule is CCOC(=O)c1[nH]c2cccc(NC(C)=O)c2c1Cl. The zero-order valence-electron chi connectivity index (χ0n) is 10.5. The number of H-pyrrole nitrogens is 1. The Bertz CT molecular complexity index is 649. The number of rotatable bonds is 3. The molecule has 100 valence electrons. The minimum atomic E-state index is -0.516. The van der Waals surface area contributed by atoms with Crippen LogP contribution in [0.5, 0.6) is 0 Å². The van der Waals surface area contributed by atoms with Crippen molar-refractivity contribution in [2.45, 2.75) is 13.8 Å². The molecule has 0 fully saturated rings. The molecule has 2 N–H and O–H groups in total. The minimum Gasteiger partial charge on any atom is -0.461 e. The first kappa shape index (κ1) is 13.4. The summed E-state index contributed by atoms with van der Waals surface area (Å²) >= 11 is 6.19. The molecule has 0 aliphatic rings. The van der Waals surface area contributed by atoms with Crippen molar-refractivity contribution in [1.82, 2.24) is 4.98 Å². The lowest BCUT2D eigenvalue weighted by molar-refractivity contribution is -0.114. The summed E-state index contributed by atoms with van der Waals surface area (Å²) in [6.45, 7) is 3.39. The molecule has 5 nitrogen and oxygen atoms in total. The van der Waals surface area contributed by atoms with Crippen molar-refractivity contribution in [3.8, 4) is 0 Å². The van der Waals surface area contributed by atoms with Gasteiger partial charge in [-0.15, -0.1) is 0 Å². The summed E-state index contributed by atoms with van der Waals surface area (Å²) in [6.07, 6.45) is 0. The molecule has 1 aromatic carbocycles. The molecule has 0 aliphatic carbocycles. The third kappa shape index (κ3) is 2.56. The van der Waals surface area contributed by atoms with Gasteiger partial charge in [-0.1, -0.05) is 17.7 Å². The lowest BCUT2D eigenvalue weighted by Crippen LogP contribution is -2.06. The van der Waals surface area contributed by atoms with Gasteiger partial charge >= 0.3 is 5.97 Å². The first-order valence-corrected chi connectivity index (χ1v) is 6.17. The number of esters is 1. The Hall–Kier alpha value is -2.01. The number of halogens is 1. The highest BCUT2D eigenvalue weighted by atomic mass is 35.5. The number of hydrogen-bond acceptors (Lipinski definition) is 3. The van der Waals surface area contributed by atoms with Crippen LogP contribution in [0.4, 0.5) is 5.69 Å². The van der Waals surface area contributed by atoms with E-state index in [4.69, 9.17) is 16.3 Å². The number of amides is 1. The van der Waals surface area contributed by atoms with E-state index in [9.17, 15) is 9.59 Å². The Balaban J connectivity index is 2.57. The summed E-state index contributed by atoms with van der Waals surface area (Å²) in [7, 11) is 0. The van der Waals surface area contributed by atoms with Crippen LogP contribution in [0.2, 0.25) is 5.02 Å². The Labute approximate surface area is 114 Å². The van der Waals surface area contributed by atoms with Gasteiger partial charge in [0.05, 0.1) is 17.3 Å². The van der Waals surface area contributed by atoms with Gasteiger partial charge in [0.25, 0.3) is 0 Å². The predicted octanol–water partition coefficient (Wildman–Crippen LogP) is 2.96. The maximum atomic E-state index is 11.7. The van der Waals surface area contributed by atoms with E-state index in [2.05, 4.69) is 10.3 Å². The van der Waals surface area contributed by atoms with E-state index in [1.165, 1.54) is 6.92 Å². The molecule has 19 heavy (non-hydrogen) atoms. The van der Waals surface area contributed by atoms with Crippen molar-refractivity contribution in [2.24, 2.45) is 0 Å². The molecule has 1 amide bonds. The van der Waals surface area contributed by atoms with Crippen LogP contribution in [0.25, 0.3) is 10.9 Å². The number of hydrogen-bond donors (Lipinski definition) is 2. The third-order valence-electron chi connectivity index (χ3n) is 2.55. The van der Waals surface area contributed by atoms with Gasteiger partial charge < -0.3 is 15.0 Å². The van der Waals surface area contributed by atoms with Crippen LogP contribution in [-0.4, -0.2) is 23.5 Å². The predicted molar refractivity (Wildman–Crippen MR) is 73.6 cm³/mol. The molecular formula is C13H13ClN2O3. The second kappa shape index (κ2) is 5.32. The number of nitrogens with one attached hydrogen (secondary N) is 2. The smallest absolute Gasteiger partial charge is 0.356 e. The first-order valence-electron chi connectivity index (χ1n) is 5.79. The number of carbonyl (C=O) groups excluding carboxylic acids is 2. The molecule has 1 aromatic heterocycles. The van der Waals surface area contributed by atoms with Gasteiger partial charge in [-0.05, 0) is 19.1 Å². The van der Waals surface area contributed by atoms with Crippen LogP contribution in [-0.2, 0) is 9.53 Å². The lowest BCUT2D eigenvalue weighted by Gasteiger charge is -2.03. The second-order valence-corrected chi connectivity index (χ2v) is 4.32. The van der Waals surface area contributed by atoms with Crippen molar-refractivity contribution in [3.05, 3.63) is 28.9 Å². The maximum Gasteiger partial charge on any atom is 0.356 e. The number of anilines is 1. The topological polar surface area (TPSA) is 71.2 Å². The highest BCUT2D eigenvalue weighted by molar-refractivity contribution is 6.39. The molecule has 0 bridgehead atoms. The van der Waals surface area contributed by atoms with Gasteiger partial charge in [0.2, 0.25) is 5.91 Å². The van der Waals surface area contributed by atoms with E-state index in [0.717, 1.165) is 0 Å². The summed E-state index contributed by atoms with van der Waals surface area (Å²) in [5, 5.41) is 3.52. The number of ether oxygens (including phenoxy) is 1. The summed E-state index contributed by atoms with van der Waals surface area (Å²) in [6, 6.07) is 5.25. The summed E-state index contributed by atoms with van der Waals surface area (Å²) in [5.41, 5.74) is 1.41. The van der Waals surface area contributed by atoms with E-state index in [1.807, 2.05) is 0 Å². The van der Waals surface area contributed by atoms with Crippen LogP contribution in [0.3, 0.4) is 0 Å². The average molecular weight is 281 g/mol. The van der Waals surface area contributed by atoms with Gasteiger partial charge in [0.1, 0.15) is 5.69 Å². The fraction of sp³-hybridized carbons (Fsp3) is 0.231. The number of benzene rings is 1. The van der Waals surface area contributed by atoms with Crippen molar-refractivity contribution < 1.29 is 14.3 Å². The molecule has 0 aliphatic heterocycles. The molecule has 0 radical (unpaired) electrons. The number of aromatic amines is 1. The Kier molecular flexibility index (Phi) is 3.76. The van der Waals surface area contributed by atoms with Gasteiger partial charge in [-0.2, -0.15) is 0 Å². The van der Waals surface area contributed by atoms with Crippen LogP contribution in [0, 0.1) is 0 Å². The first-order chi connectivity index (χ1) is 9.04. The highest BCUT2D eigenvalue weighted by Gasteiger charge is 2.19. The normalized spacial score (nSPS) is 10.5. The van der Waals surface area contributed by atoms with Gasteiger partial charge in [-0.25, -0.2) is 4.79 Å². The lowest BCUT2D eigenvalue weighted by atomic mass is 10.2. The standard InChI is InChI=1S/C13H13ClN2O3/c1-3-19-13(18)12-11(14)10-8(15-7(2)17)5-4-6-9(10)16-12/h4-6,16H,3H2,1-2H3,(H,15,17). The monoisotopic (exact) mass is 280 g/mol. The fourth-order valence-electron chi connectivity index (χ4n) is 1.85. The average Bonchev–Trinajstić information content (AvgIpc) is 2.68.